The normalized spacial score (nSPS) is 12.4. The quantitative estimate of drug-likeness (QED) is 0.701. The second kappa shape index (κ2) is 6.44. The van der Waals surface area contributed by atoms with Crippen LogP contribution in [0.15, 0.2) is 30.3 Å². The van der Waals surface area contributed by atoms with E-state index in [4.69, 9.17) is 4.74 Å². The zero-order valence-electron chi connectivity index (χ0n) is 8.99. The number of hydrogen-bond donors (Lipinski definition) is 1. The van der Waals surface area contributed by atoms with Crippen LogP contribution < -0.4 is 10.1 Å². The Morgan fingerprint density at radius 3 is 2.50 bits per heavy atom. The molecule has 1 aromatic carbocycles. The molecular weight excluding hydrogens is 174 g/mol. The Labute approximate surface area is 86.3 Å². The molecule has 1 rings (SSSR count). The third kappa shape index (κ3) is 3.79. The predicted octanol–water partition coefficient (Wildman–Crippen LogP) is 2.80. The van der Waals surface area contributed by atoms with E-state index in [1.807, 2.05) is 30.3 Å². The van der Waals surface area contributed by atoms with Crippen molar-refractivity contribution in [3.63, 3.8) is 0 Å². The van der Waals surface area contributed by atoms with E-state index in [9.17, 15) is 0 Å². The van der Waals surface area contributed by atoms with E-state index in [0.717, 1.165) is 25.1 Å². The second-order valence-electron chi connectivity index (χ2n) is 3.28. The molecule has 0 radical (unpaired) electrons. The Morgan fingerprint density at radius 2 is 1.93 bits per heavy atom. The van der Waals surface area contributed by atoms with Crippen LogP contribution in [0.2, 0.25) is 0 Å². The first kappa shape index (κ1) is 11.1. The summed E-state index contributed by atoms with van der Waals surface area (Å²) in [6, 6.07) is 9.93. The van der Waals surface area contributed by atoms with Crippen molar-refractivity contribution in [2.75, 3.05) is 6.54 Å². The molecule has 0 heterocycles. The topological polar surface area (TPSA) is 21.3 Å². The molecule has 78 valence electrons. The average Bonchev–Trinajstić information content (AvgIpc) is 2.25. The molecule has 2 heteroatoms. The van der Waals surface area contributed by atoms with Gasteiger partial charge in [-0.2, -0.15) is 0 Å². The lowest BCUT2D eigenvalue weighted by Gasteiger charge is -2.18. The Morgan fingerprint density at radius 1 is 1.21 bits per heavy atom. The van der Waals surface area contributed by atoms with E-state index < -0.39 is 0 Å². The Hall–Kier alpha value is -1.02. The summed E-state index contributed by atoms with van der Waals surface area (Å²) in [7, 11) is 0. The van der Waals surface area contributed by atoms with Crippen LogP contribution in [0.1, 0.15) is 26.7 Å². The molecule has 0 saturated carbocycles. The molecule has 0 spiro atoms. The van der Waals surface area contributed by atoms with Crippen LogP contribution in [0.25, 0.3) is 0 Å². The van der Waals surface area contributed by atoms with Crippen LogP contribution in [0.5, 0.6) is 5.75 Å². The number of ether oxygens (including phenoxy) is 1. The maximum Gasteiger partial charge on any atom is 0.149 e. The molecule has 1 N–H and O–H groups in total. The van der Waals surface area contributed by atoms with E-state index in [2.05, 4.69) is 19.2 Å². The first-order chi connectivity index (χ1) is 6.86. The van der Waals surface area contributed by atoms with Crippen molar-refractivity contribution in [2.24, 2.45) is 0 Å². The second-order valence-corrected chi connectivity index (χ2v) is 3.28. The Kier molecular flexibility index (Phi) is 5.08. The summed E-state index contributed by atoms with van der Waals surface area (Å²) in [4.78, 5) is 0. The SMILES string of the molecule is CCCNC(CC)Oc1ccccc1. The minimum absolute atomic E-state index is 0.136. The third-order valence-electron chi connectivity index (χ3n) is 2.01. The smallest absolute Gasteiger partial charge is 0.149 e. The summed E-state index contributed by atoms with van der Waals surface area (Å²) in [5.41, 5.74) is 0. The van der Waals surface area contributed by atoms with Crippen molar-refractivity contribution in [1.82, 2.24) is 5.32 Å². The van der Waals surface area contributed by atoms with E-state index in [0.29, 0.717) is 0 Å². The lowest BCUT2D eigenvalue weighted by Crippen LogP contribution is -2.34. The molecule has 14 heavy (non-hydrogen) atoms. The Balaban J connectivity index is 2.40. The maximum atomic E-state index is 5.75. The summed E-state index contributed by atoms with van der Waals surface area (Å²) in [5.74, 6) is 0.933. The van der Waals surface area contributed by atoms with Crippen LogP contribution >= 0.6 is 0 Å². The van der Waals surface area contributed by atoms with Gasteiger partial charge in [-0.3, -0.25) is 5.32 Å². The van der Waals surface area contributed by atoms with Crippen LogP contribution in [-0.2, 0) is 0 Å². The molecule has 0 bridgehead atoms. The molecule has 1 atom stereocenters. The first-order valence-corrected chi connectivity index (χ1v) is 5.32. The molecule has 0 aliphatic rings. The molecule has 0 amide bonds. The molecule has 0 aromatic heterocycles. The zero-order chi connectivity index (χ0) is 10.2. The minimum atomic E-state index is 0.136. The van der Waals surface area contributed by atoms with Gasteiger partial charge in [0.2, 0.25) is 0 Å². The fourth-order valence-corrected chi connectivity index (χ4v) is 1.24. The number of rotatable bonds is 6. The fourth-order valence-electron chi connectivity index (χ4n) is 1.24. The van der Waals surface area contributed by atoms with Gasteiger partial charge < -0.3 is 4.74 Å². The van der Waals surface area contributed by atoms with Gasteiger partial charge in [-0.05, 0) is 31.5 Å². The van der Waals surface area contributed by atoms with Gasteiger partial charge in [-0.1, -0.05) is 32.0 Å². The van der Waals surface area contributed by atoms with E-state index in [1.165, 1.54) is 0 Å². The molecule has 1 aromatic rings. The fraction of sp³-hybridized carbons (Fsp3) is 0.500. The minimum Gasteiger partial charge on any atom is -0.475 e. The van der Waals surface area contributed by atoms with Crippen molar-refractivity contribution >= 4 is 0 Å². The molecule has 1 unspecified atom stereocenters. The molecular formula is C12H19NO. The summed E-state index contributed by atoms with van der Waals surface area (Å²) in [6.07, 6.45) is 2.25. The highest BCUT2D eigenvalue weighted by atomic mass is 16.5. The zero-order valence-corrected chi connectivity index (χ0v) is 8.99. The maximum absolute atomic E-state index is 5.75. The Bertz CT molecular complexity index is 235. The third-order valence-corrected chi connectivity index (χ3v) is 2.01. The number of benzene rings is 1. The standard InChI is InChI=1S/C12H19NO/c1-3-10-13-12(4-2)14-11-8-6-5-7-9-11/h5-9,12-13H,3-4,10H2,1-2H3. The average molecular weight is 193 g/mol. The highest BCUT2D eigenvalue weighted by Gasteiger charge is 2.04. The highest BCUT2D eigenvalue weighted by Crippen LogP contribution is 2.10. The van der Waals surface area contributed by atoms with Crippen molar-refractivity contribution in [3.05, 3.63) is 30.3 Å². The summed E-state index contributed by atoms with van der Waals surface area (Å²) in [6.45, 7) is 5.28. The van der Waals surface area contributed by atoms with Crippen molar-refractivity contribution in [3.8, 4) is 5.75 Å². The molecule has 0 fully saturated rings. The van der Waals surface area contributed by atoms with Crippen LogP contribution in [0, 0.1) is 0 Å². The summed E-state index contributed by atoms with van der Waals surface area (Å²) in [5, 5.41) is 3.35. The number of para-hydroxylation sites is 1. The first-order valence-electron chi connectivity index (χ1n) is 5.32. The summed E-state index contributed by atoms with van der Waals surface area (Å²) >= 11 is 0. The number of nitrogens with one attached hydrogen (secondary N) is 1. The number of hydrogen-bond acceptors (Lipinski definition) is 2. The van der Waals surface area contributed by atoms with E-state index >= 15 is 0 Å². The monoisotopic (exact) mass is 193 g/mol. The largest absolute Gasteiger partial charge is 0.475 e. The molecule has 0 aliphatic carbocycles. The lowest BCUT2D eigenvalue weighted by atomic mass is 10.3. The van der Waals surface area contributed by atoms with E-state index in [1.54, 1.807) is 0 Å². The predicted molar refractivity (Wildman–Crippen MR) is 59.4 cm³/mol. The lowest BCUT2D eigenvalue weighted by molar-refractivity contribution is 0.160. The van der Waals surface area contributed by atoms with Crippen LogP contribution in [-0.4, -0.2) is 12.8 Å². The van der Waals surface area contributed by atoms with Gasteiger partial charge in [0.05, 0.1) is 0 Å². The highest BCUT2D eigenvalue weighted by molar-refractivity contribution is 5.21. The van der Waals surface area contributed by atoms with Crippen molar-refractivity contribution in [2.45, 2.75) is 32.9 Å². The van der Waals surface area contributed by atoms with Gasteiger partial charge in [0.1, 0.15) is 12.0 Å². The van der Waals surface area contributed by atoms with Gasteiger partial charge in [0.15, 0.2) is 0 Å². The molecule has 0 aliphatic heterocycles. The van der Waals surface area contributed by atoms with Gasteiger partial charge >= 0.3 is 0 Å². The molecule has 0 saturated heterocycles. The van der Waals surface area contributed by atoms with Crippen LogP contribution in [0.3, 0.4) is 0 Å². The van der Waals surface area contributed by atoms with E-state index in [-0.39, 0.29) is 6.23 Å². The van der Waals surface area contributed by atoms with Gasteiger partial charge in [0.25, 0.3) is 0 Å². The van der Waals surface area contributed by atoms with Crippen molar-refractivity contribution in [1.29, 1.82) is 0 Å². The van der Waals surface area contributed by atoms with Crippen molar-refractivity contribution < 1.29 is 4.74 Å². The van der Waals surface area contributed by atoms with Gasteiger partial charge in [-0.25, -0.2) is 0 Å². The van der Waals surface area contributed by atoms with Gasteiger partial charge in [-0.15, -0.1) is 0 Å². The van der Waals surface area contributed by atoms with Gasteiger partial charge in [0, 0.05) is 0 Å². The molecule has 2 nitrogen and oxygen atoms in total. The van der Waals surface area contributed by atoms with Crippen LogP contribution in [0.4, 0.5) is 0 Å². The summed E-state index contributed by atoms with van der Waals surface area (Å²) < 4.78 is 5.75.